The summed E-state index contributed by atoms with van der Waals surface area (Å²) in [6, 6.07) is 0.541. The third kappa shape index (κ3) is 2.27. The van der Waals surface area contributed by atoms with Gasteiger partial charge in [-0.25, -0.2) is 0 Å². The van der Waals surface area contributed by atoms with Crippen molar-refractivity contribution in [3.63, 3.8) is 0 Å². The van der Waals surface area contributed by atoms with Crippen molar-refractivity contribution in [2.24, 2.45) is 11.8 Å². The highest BCUT2D eigenvalue weighted by Crippen LogP contribution is 2.45. The van der Waals surface area contributed by atoms with E-state index in [1.165, 1.54) is 25.7 Å². The van der Waals surface area contributed by atoms with Gasteiger partial charge in [0.2, 0.25) is 0 Å². The molecule has 2 aliphatic rings. The van der Waals surface area contributed by atoms with E-state index in [0.29, 0.717) is 6.04 Å². The first-order valence-electron chi connectivity index (χ1n) is 5.68. The lowest BCUT2D eigenvalue weighted by Crippen LogP contribution is -2.54. The van der Waals surface area contributed by atoms with Crippen LogP contribution in [-0.4, -0.2) is 35.0 Å². The second kappa shape index (κ2) is 3.80. The third-order valence-corrected chi connectivity index (χ3v) is 3.47. The minimum absolute atomic E-state index is 0.0133. The van der Waals surface area contributed by atoms with Gasteiger partial charge in [0.05, 0.1) is 18.8 Å². The Morgan fingerprint density at radius 2 is 1.57 bits per heavy atom. The minimum atomic E-state index is -0.490. The largest absolute Gasteiger partial charge is 0.394 e. The maximum Gasteiger partial charge on any atom is 0.0633 e. The number of nitrogens with one attached hydrogen (secondary N) is 1. The molecule has 0 amide bonds. The molecule has 3 heteroatoms. The van der Waals surface area contributed by atoms with E-state index in [1.54, 1.807) is 0 Å². The van der Waals surface area contributed by atoms with Gasteiger partial charge < -0.3 is 15.5 Å². The van der Waals surface area contributed by atoms with Crippen molar-refractivity contribution in [2.45, 2.75) is 44.2 Å². The van der Waals surface area contributed by atoms with E-state index in [0.717, 1.165) is 11.8 Å². The fourth-order valence-electron chi connectivity index (χ4n) is 2.07. The monoisotopic (exact) mass is 199 g/mol. The summed E-state index contributed by atoms with van der Waals surface area (Å²) in [7, 11) is 0. The lowest BCUT2D eigenvalue weighted by atomic mass is 9.99. The molecule has 2 aliphatic carbocycles. The van der Waals surface area contributed by atoms with Gasteiger partial charge in [0.1, 0.15) is 0 Å². The Labute approximate surface area is 85.5 Å². The van der Waals surface area contributed by atoms with E-state index in [2.05, 4.69) is 5.32 Å². The van der Waals surface area contributed by atoms with Crippen molar-refractivity contribution in [3.05, 3.63) is 0 Å². The number of aliphatic hydroxyl groups excluding tert-OH is 2. The van der Waals surface area contributed by atoms with E-state index in [9.17, 15) is 10.2 Å². The fourth-order valence-corrected chi connectivity index (χ4v) is 2.07. The van der Waals surface area contributed by atoms with E-state index in [-0.39, 0.29) is 13.2 Å². The standard InChI is InChI=1S/C11H21NO2/c1-11(6-13,7-14)12-10(8-2-3-8)9-4-5-9/h8-10,12-14H,2-7H2,1H3. The molecule has 0 spiro atoms. The molecule has 3 N–H and O–H groups in total. The fraction of sp³-hybridized carbons (Fsp3) is 1.00. The summed E-state index contributed by atoms with van der Waals surface area (Å²) in [5, 5.41) is 21.9. The van der Waals surface area contributed by atoms with Crippen LogP contribution in [0.25, 0.3) is 0 Å². The lowest BCUT2D eigenvalue weighted by molar-refractivity contribution is 0.0877. The van der Waals surface area contributed by atoms with Crippen molar-refractivity contribution in [2.75, 3.05) is 13.2 Å². The highest BCUT2D eigenvalue weighted by Gasteiger charge is 2.43. The summed E-state index contributed by atoms with van der Waals surface area (Å²) >= 11 is 0. The zero-order valence-electron chi connectivity index (χ0n) is 8.87. The Morgan fingerprint density at radius 3 is 1.86 bits per heavy atom. The van der Waals surface area contributed by atoms with Crippen molar-refractivity contribution < 1.29 is 10.2 Å². The number of aliphatic hydroxyl groups is 2. The topological polar surface area (TPSA) is 52.5 Å². The van der Waals surface area contributed by atoms with Crippen LogP contribution in [0.15, 0.2) is 0 Å². The van der Waals surface area contributed by atoms with Crippen LogP contribution < -0.4 is 5.32 Å². The van der Waals surface area contributed by atoms with Crippen LogP contribution in [0.3, 0.4) is 0 Å². The maximum absolute atomic E-state index is 9.22. The molecule has 3 nitrogen and oxygen atoms in total. The molecule has 0 bridgehead atoms. The van der Waals surface area contributed by atoms with E-state index in [1.807, 2.05) is 6.92 Å². The summed E-state index contributed by atoms with van der Waals surface area (Å²) < 4.78 is 0. The Bertz CT molecular complexity index is 183. The van der Waals surface area contributed by atoms with E-state index >= 15 is 0 Å². The molecule has 0 radical (unpaired) electrons. The quantitative estimate of drug-likeness (QED) is 0.584. The summed E-state index contributed by atoms with van der Waals surface area (Å²) in [6.45, 7) is 1.92. The molecule has 2 rings (SSSR count). The molecule has 0 aromatic rings. The average molecular weight is 199 g/mol. The summed E-state index contributed by atoms with van der Waals surface area (Å²) in [4.78, 5) is 0. The molecular formula is C11H21NO2. The number of rotatable bonds is 6. The van der Waals surface area contributed by atoms with Crippen molar-refractivity contribution >= 4 is 0 Å². The van der Waals surface area contributed by atoms with Crippen LogP contribution in [0.1, 0.15) is 32.6 Å². The second-order valence-corrected chi connectivity index (χ2v) is 5.22. The predicted octanol–water partition coefficient (Wildman–Crippen LogP) is 0.508. The third-order valence-electron chi connectivity index (χ3n) is 3.47. The van der Waals surface area contributed by atoms with Gasteiger partial charge in [0.15, 0.2) is 0 Å². The van der Waals surface area contributed by atoms with Gasteiger partial charge in [0, 0.05) is 6.04 Å². The van der Waals surface area contributed by atoms with Gasteiger partial charge in [0.25, 0.3) is 0 Å². The van der Waals surface area contributed by atoms with Crippen LogP contribution in [-0.2, 0) is 0 Å². The van der Waals surface area contributed by atoms with Gasteiger partial charge in [-0.15, -0.1) is 0 Å². The van der Waals surface area contributed by atoms with Crippen molar-refractivity contribution in [1.29, 1.82) is 0 Å². The maximum atomic E-state index is 9.22. The predicted molar refractivity (Wildman–Crippen MR) is 54.9 cm³/mol. The first kappa shape index (κ1) is 10.4. The summed E-state index contributed by atoms with van der Waals surface area (Å²) in [5.74, 6) is 1.61. The first-order chi connectivity index (χ1) is 6.68. The molecule has 2 fully saturated rings. The van der Waals surface area contributed by atoms with Gasteiger partial charge in [-0.3, -0.25) is 0 Å². The van der Waals surface area contributed by atoms with E-state index < -0.39 is 5.54 Å². The molecule has 82 valence electrons. The Balaban J connectivity index is 1.91. The Kier molecular flexibility index (Phi) is 2.82. The first-order valence-corrected chi connectivity index (χ1v) is 5.68. The molecule has 0 atom stereocenters. The number of hydrogen-bond donors (Lipinski definition) is 3. The molecule has 0 unspecified atom stereocenters. The molecule has 0 aromatic heterocycles. The zero-order valence-corrected chi connectivity index (χ0v) is 8.87. The molecular weight excluding hydrogens is 178 g/mol. The molecule has 0 aliphatic heterocycles. The Hall–Kier alpha value is -0.120. The highest BCUT2D eigenvalue weighted by molar-refractivity contribution is 5.00. The molecule has 0 aromatic carbocycles. The van der Waals surface area contributed by atoms with Crippen molar-refractivity contribution in [1.82, 2.24) is 5.32 Å². The van der Waals surface area contributed by atoms with Crippen LogP contribution in [0.5, 0.6) is 0 Å². The SMILES string of the molecule is CC(CO)(CO)NC(C1CC1)C1CC1. The zero-order chi connectivity index (χ0) is 10.2. The summed E-state index contributed by atoms with van der Waals surface area (Å²) in [5.41, 5.74) is -0.490. The minimum Gasteiger partial charge on any atom is -0.394 e. The van der Waals surface area contributed by atoms with Gasteiger partial charge in [-0.05, 0) is 44.4 Å². The van der Waals surface area contributed by atoms with Gasteiger partial charge >= 0.3 is 0 Å². The molecule has 0 heterocycles. The second-order valence-electron chi connectivity index (χ2n) is 5.22. The van der Waals surface area contributed by atoms with Crippen LogP contribution >= 0.6 is 0 Å². The average Bonchev–Trinajstić information content (AvgIpc) is 3.06. The molecule has 0 saturated heterocycles. The van der Waals surface area contributed by atoms with E-state index in [4.69, 9.17) is 0 Å². The van der Waals surface area contributed by atoms with Gasteiger partial charge in [-0.1, -0.05) is 0 Å². The normalized spacial score (nSPS) is 23.1. The van der Waals surface area contributed by atoms with Crippen molar-refractivity contribution in [3.8, 4) is 0 Å². The molecule has 2 saturated carbocycles. The Morgan fingerprint density at radius 1 is 1.14 bits per heavy atom. The summed E-state index contributed by atoms with van der Waals surface area (Å²) in [6.07, 6.45) is 5.28. The van der Waals surface area contributed by atoms with Gasteiger partial charge in [-0.2, -0.15) is 0 Å². The highest BCUT2D eigenvalue weighted by atomic mass is 16.3. The van der Waals surface area contributed by atoms with Crippen LogP contribution in [0, 0.1) is 11.8 Å². The lowest BCUT2D eigenvalue weighted by Gasteiger charge is -2.32. The number of hydrogen-bond acceptors (Lipinski definition) is 3. The molecule has 14 heavy (non-hydrogen) atoms. The smallest absolute Gasteiger partial charge is 0.0633 e. The van der Waals surface area contributed by atoms with Crippen LogP contribution in [0.4, 0.5) is 0 Å². The van der Waals surface area contributed by atoms with Crippen LogP contribution in [0.2, 0.25) is 0 Å².